The van der Waals surface area contributed by atoms with Crippen LogP contribution < -0.4 is 5.73 Å². The van der Waals surface area contributed by atoms with E-state index in [2.05, 4.69) is 0 Å². The highest BCUT2D eigenvalue weighted by Crippen LogP contribution is 2.24. The number of anilines is 1. The van der Waals surface area contributed by atoms with Crippen molar-refractivity contribution < 1.29 is 14.3 Å². The lowest BCUT2D eigenvalue weighted by Gasteiger charge is -2.16. The van der Waals surface area contributed by atoms with Crippen LogP contribution in [0.5, 0.6) is 0 Å². The van der Waals surface area contributed by atoms with E-state index in [1.807, 2.05) is 19.1 Å². The van der Waals surface area contributed by atoms with Gasteiger partial charge in [0.2, 0.25) is 5.91 Å². The van der Waals surface area contributed by atoms with Gasteiger partial charge in [-0.3, -0.25) is 9.59 Å². The van der Waals surface area contributed by atoms with Crippen LogP contribution in [0, 0.1) is 11.8 Å². The normalized spacial score (nSPS) is 21.8. The lowest BCUT2D eigenvalue weighted by molar-refractivity contribution is -0.146. The highest BCUT2D eigenvalue weighted by atomic mass is 16.5. The number of likely N-dealkylation sites (tertiary alicyclic amines) is 1. The molecule has 2 atom stereocenters. The molecule has 1 aromatic rings. The van der Waals surface area contributed by atoms with Gasteiger partial charge >= 0.3 is 5.97 Å². The Labute approximate surface area is 118 Å². The summed E-state index contributed by atoms with van der Waals surface area (Å²) in [6.45, 7) is 3.02. The number of hydrogen-bond acceptors (Lipinski definition) is 4. The van der Waals surface area contributed by atoms with Crippen LogP contribution in [-0.4, -0.2) is 37.0 Å². The zero-order valence-corrected chi connectivity index (χ0v) is 11.8. The molecule has 0 radical (unpaired) electrons. The van der Waals surface area contributed by atoms with Crippen LogP contribution in [0.15, 0.2) is 24.3 Å². The van der Waals surface area contributed by atoms with Crippen LogP contribution in [0.4, 0.5) is 5.69 Å². The first-order chi connectivity index (χ1) is 9.51. The van der Waals surface area contributed by atoms with Gasteiger partial charge < -0.3 is 15.4 Å². The fourth-order valence-corrected chi connectivity index (χ4v) is 2.55. The van der Waals surface area contributed by atoms with E-state index < -0.39 is 0 Å². The number of carbonyl (C=O) groups is 2. The maximum Gasteiger partial charge on any atom is 0.310 e. The Morgan fingerprint density at radius 1 is 1.30 bits per heavy atom. The Morgan fingerprint density at radius 2 is 1.95 bits per heavy atom. The molecule has 5 nitrogen and oxygen atoms in total. The number of nitrogens with zero attached hydrogens (tertiary/aromatic N) is 1. The van der Waals surface area contributed by atoms with E-state index in [0.29, 0.717) is 25.2 Å². The molecule has 0 saturated carbocycles. The Bertz CT molecular complexity index is 498. The molecule has 1 saturated heterocycles. The van der Waals surface area contributed by atoms with Crippen molar-refractivity contribution >= 4 is 17.6 Å². The second kappa shape index (κ2) is 5.94. The number of nitrogen functional groups attached to an aromatic ring is 1. The van der Waals surface area contributed by atoms with Crippen LogP contribution in [0.25, 0.3) is 0 Å². The van der Waals surface area contributed by atoms with Crippen LogP contribution in [0.2, 0.25) is 0 Å². The molecule has 1 aliphatic rings. The van der Waals surface area contributed by atoms with Crippen molar-refractivity contribution in [1.29, 1.82) is 0 Å². The molecule has 5 heteroatoms. The van der Waals surface area contributed by atoms with Crippen molar-refractivity contribution in [3.63, 3.8) is 0 Å². The Balaban J connectivity index is 1.97. The van der Waals surface area contributed by atoms with Gasteiger partial charge in [-0.15, -0.1) is 0 Å². The molecule has 1 aliphatic heterocycles. The molecule has 108 valence electrons. The fourth-order valence-electron chi connectivity index (χ4n) is 2.55. The summed E-state index contributed by atoms with van der Waals surface area (Å²) in [5, 5.41) is 0. The smallest absolute Gasteiger partial charge is 0.310 e. The number of methoxy groups -OCH3 is 1. The van der Waals surface area contributed by atoms with E-state index in [0.717, 1.165) is 5.56 Å². The Kier molecular flexibility index (Phi) is 4.27. The van der Waals surface area contributed by atoms with Crippen LogP contribution >= 0.6 is 0 Å². The van der Waals surface area contributed by atoms with E-state index in [9.17, 15) is 9.59 Å². The molecule has 0 spiro atoms. The van der Waals surface area contributed by atoms with Crippen molar-refractivity contribution in [3.05, 3.63) is 29.8 Å². The Hall–Kier alpha value is -2.04. The first-order valence-corrected chi connectivity index (χ1v) is 6.71. The summed E-state index contributed by atoms with van der Waals surface area (Å²) in [6, 6.07) is 7.27. The number of rotatable bonds is 3. The molecule has 1 fully saturated rings. The number of amides is 1. The lowest BCUT2D eigenvalue weighted by atomic mass is 9.99. The molecule has 0 aromatic heterocycles. The summed E-state index contributed by atoms with van der Waals surface area (Å²) < 4.78 is 4.77. The first-order valence-electron chi connectivity index (χ1n) is 6.71. The quantitative estimate of drug-likeness (QED) is 0.662. The predicted octanol–water partition coefficient (Wildman–Crippen LogP) is 1.08. The molecular formula is C15H20N2O3. The molecule has 0 aliphatic carbocycles. The minimum Gasteiger partial charge on any atom is -0.469 e. The van der Waals surface area contributed by atoms with E-state index in [1.54, 1.807) is 17.0 Å². The number of ether oxygens (including phenoxy) is 1. The highest BCUT2D eigenvalue weighted by Gasteiger charge is 2.37. The lowest BCUT2D eigenvalue weighted by Crippen LogP contribution is -2.31. The fraction of sp³-hybridized carbons (Fsp3) is 0.467. The van der Waals surface area contributed by atoms with E-state index >= 15 is 0 Å². The molecule has 0 bridgehead atoms. The maximum atomic E-state index is 12.2. The minimum absolute atomic E-state index is 0.0352. The zero-order chi connectivity index (χ0) is 14.7. The van der Waals surface area contributed by atoms with Gasteiger partial charge in [0.15, 0.2) is 0 Å². The molecule has 20 heavy (non-hydrogen) atoms. The summed E-state index contributed by atoms with van der Waals surface area (Å²) in [5.41, 5.74) is 7.23. The summed E-state index contributed by atoms with van der Waals surface area (Å²) in [5.74, 6) is -0.276. The predicted molar refractivity (Wildman–Crippen MR) is 75.8 cm³/mol. The summed E-state index contributed by atoms with van der Waals surface area (Å²) in [6.07, 6.45) is 0.334. The SMILES string of the molecule is COC(=O)C1CN(C(=O)Cc2ccc(N)cc2)CC1C. The zero-order valence-electron chi connectivity index (χ0n) is 11.8. The second-order valence-corrected chi connectivity index (χ2v) is 5.32. The Morgan fingerprint density at radius 3 is 2.55 bits per heavy atom. The largest absolute Gasteiger partial charge is 0.469 e. The summed E-state index contributed by atoms with van der Waals surface area (Å²) >= 11 is 0. The number of carbonyl (C=O) groups excluding carboxylic acids is 2. The van der Waals surface area contributed by atoms with Crippen molar-refractivity contribution in [3.8, 4) is 0 Å². The number of benzene rings is 1. The summed E-state index contributed by atoms with van der Waals surface area (Å²) in [7, 11) is 1.38. The van der Waals surface area contributed by atoms with Crippen LogP contribution in [0.3, 0.4) is 0 Å². The van der Waals surface area contributed by atoms with Crippen LogP contribution in [-0.2, 0) is 20.7 Å². The molecule has 2 rings (SSSR count). The topological polar surface area (TPSA) is 72.6 Å². The van der Waals surface area contributed by atoms with E-state index in [4.69, 9.17) is 10.5 Å². The highest BCUT2D eigenvalue weighted by molar-refractivity contribution is 5.81. The number of esters is 1. The summed E-state index contributed by atoms with van der Waals surface area (Å²) in [4.78, 5) is 25.6. The van der Waals surface area contributed by atoms with Gasteiger partial charge in [0.25, 0.3) is 0 Å². The van der Waals surface area contributed by atoms with Gasteiger partial charge in [0, 0.05) is 18.8 Å². The average molecular weight is 276 g/mol. The standard InChI is InChI=1S/C15H20N2O3/c1-10-8-17(9-13(10)15(19)20-2)14(18)7-11-3-5-12(16)6-4-11/h3-6,10,13H,7-9,16H2,1-2H3. The van der Waals surface area contributed by atoms with Gasteiger partial charge in [-0.1, -0.05) is 19.1 Å². The van der Waals surface area contributed by atoms with Crippen molar-refractivity contribution in [2.24, 2.45) is 11.8 Å². The van der Waals surface area contributed by atoms with Crippen molar-refractivity contribution in [2.45, 2.75) is 13.3 Å². The average Bonchev–Trinajstić information content (AvgIpc) is 2.82. The van der Waals surface area contributed by atoms with Gasteiger partial charge in [-0.2, -0.15) is 0 Å². The van der Waals surface area contributed by atoms with E-state index in [-0.39, 0.29) is 23.7 Å². The van der Waals surface area contributed by atoms with Crippen molar-refractivity contribution in [2.75, 3.05) is 25.9 Å². The third-order valence-electron chi connectivity index (χ3n) is 3.80. The molecule has 1 amide bonds. The second-order valence-electron chi connectivity index (χ2n) is 5.32. The molecule has 1 heterocycles. The van der Waals surface area contributed by atoms with Gasteiger partial charge in [-0.25, -0.2) is 0 Å². The first kappa shape index (κ1) is 14.4. The number of hydrogen-bond donors (Lipinski definition) is 1. The number of nitrogens with two attached hydrogens (primary N) is 1. The monoisotopic (exact) mass is 276 g/mol. The van der Waals surface area contributed by atoms with Gasteiger partial charge in [0.05, 0.1) is 19.4 Å². The molecule has 2 N–H and O–H groups in total. The third kappa shape index (κ3) is 3.10. The van der Waals surface area contributed by atoms with Gasteiger partial charge in [0.1, 0.15) is 0 Å². The van der Waals surface area contributed by atoms with Crippen molar-refractivity contribution in [1.82, 2.24) is 4.90 Å². The van der Waals surface area contributed by atoms with E-state index in [1.165, 1.54) is 7.11 Å². The van der Waals surface area contributed by atoms with Gasteiger partial charge in [-0.05, 0) is 23.6 Å². The third-order valence-corrected chi connectivity index (χ3v) is 3.80. The molecular weight excluding hydrogens is 256 g/mol. The minimum atomic E-state index is -0.236. The molecule has 2 unspecified atom stereocenters. The van der Waals surface area contributed by atoms with Crippen LogP contribution in [0.1, 0.15) is 12.5 Å². The maximum absolute atomic E-state index is 12.2. The molecule has 1 aromatic carbocycles.